The van der Waals surface area contributed by atoms with Crippen LogP contribution < -0.4 is 0 Å². The Labute approximate surface area is 77.5 Å². The Morgan fingerprint density at radius 3 is 2.31 bits per heavy atom. The molecule has 0 bridgehead atoms. The van der Waals surface area contributed by atoms with Gasteiger partial charge >= 0.3 is 0 Å². The lowest BCUT2D eigenvalue weighted by molar-refractivity contribution is -0.271. The topological polar surface area (TPSA) is 58.9 Å². The minimum atomic E-state index is -0.859. The summed E-state index contributed by atoms with van der Waals surface area (Å²) >= 11 is 0. The number of hydrogen-bond donors (Lipinski definition) is 2. The average molecular weight is 188 g/mol. The number of hydrogen-bond acceptors (Lipinski definition) is 4. The number of rotatable bonds is 2. The molecule has 2 fully saturated rings. The van der Waals surface area contributed by atoms with E-state index in [2.05, 4.69) is 0 Å². The van der Waals surface area contributed by atoms with E-state index in [0.717, 1.165) is 19.4 Å². The maximum absolute atomic E-state index is 10.1. The molecule has 1 atom stereocenters. The molecule has 0 aromatic carbocycles. The number of aliphatic hydroxyl groups is 2. The molecule has 0 amide bonds. The van der Waals surface area contributed by atoms with E-state index in [1.807, 2.05) is 0 Å². The van der Waals surface area contributed by atoms with Crippen molar-refractivity contribution in [2.75, 3.05) is 33.0 Å². The number of ether oxygens (including phenoxy) is 2. The summed E-state index contributed by atoms with van der Waals surface area (Å²) in [7, 11) is 0. The van der Waals surface area contributed by atoms with Gasteiger partial charge in [0.2, 0.25) is 0 Å². The van der Waals surface area contributed by atoms with Gasteiger partial charge in [0.25, 0.3) is 0 Å². The zero-order valence-corrected chi connectivity index (χ0v) is 7.66. The van der Waals surface area contributed by atoms with E-state index >= 15 is 0 Å². The van der Waals surface area contributed by atoms with E-state index in [-0.39, 0.29) is 6.61 Å². The monoisotopic (exact) mass is 188 g/mol. The third-order valence-corrected chi connectivity index (χ3v) is 3.29. The highest BCUT2D eigenvalue weighted by atomic mass is 16.5. The fraction of sp³-hybridized carbons (Fsp3) is 1.00. The highest BCUT2D eigenvalue weighted by Gasteiger charge is 2.55. The van der Waals surface area contributed by atoms with Crippen LogP contribution in [0.2, 0.25) is 0 Å². The molecular formula is C9H16O4. The zero-order chi connectivity index (χ0) is 9.36. The number of aliphatic hydroxyl groups excluding tert-OH is 1. The summed E-state index contributed by atoms with van der Waals surface area (Å²) in [6.07, 6.45) is 1.73. The predicted octanol–water partition coefficient (Wildman–Crippen LogP) is -0.463. The fourth-order valence-electron chi connectivity index (χ4n) is 2.09. The van der Waals surface area contributed by atoms with E-state index in [1.54, 1.807) is 0 Å². The second kappa shape index (κ2) is 3.20. The summed E-state index contributed by atoms with van der Waals surface area (Å²) in [5.74, 6) is 0. The Bertz CT molecular complexity index is 182. The van der Waals surface area contributed by atoms with Gasteiger partial charge < -0.3 is 19.7 Å². The van der Waals surface area contributed by atoms with Gasteiger partial charge in [-0.1, -0.05) is 0 Å². The van der Waals surface area contributed by atoms with Crippen LogP contribution in [0.5, 0.6) is 0 Å². The molecule has 2 N–H and O–H groups in total. The molecule has 2 aliphatic rings. The first-order valence-electron chi connectivity index (χ1n) is 4.71. The smallest absolute Gasteiger partial charge is 0.121 e. The minimum absolute atomic E-state index is 0.0210. The Balaban J connectivity index is 2.12. The molecule has 4 nitrogen and oxygen atoms in total. The molecule has 2 rings (SSSR count). The van der Waals surface area contributed by atoms with E-state index in [9.17, 15) is 10.2 Å². The lowest BCUT2D eigenvalue weighted by Gasteiger charge is -2.52. The summed E-state index contributed by atoms with van der Waals surface area (Å²) < 4.78 is 10.3. The van der Waals surface area contributed by atoms with Crippen LogP contribution in [0.1, 0.15) is 12.8 Å². The van der Waals surface area contributed by atoms with Crippen LogP contribution >= 0.6 is 0 Å². The average Bonchev–Trinajstić information content (AvgIpc) is 2.15. The third-order valence-electron chi connectivity index (χ3n) is 3.29. The molecule has 2 saturated heterocycles. The van der Waals surface area contributed by atoms with Gasteiger partial charge in [0.1, 0.15) is 5.60 Å². The van der Waals surface area contributed by atoms with E-state index in [1.165, 1.54) is 0 Å². The molecule has 0 aromatic rings. The lowest BCUT2D eigenvalue weighted by Crippen LogP contribution is -2.65. The van der Waals surface area contributed by atoms with Gasteiger partial charge in [-0.25, -0.2) is 0 Å². The van der Waals surface area contributed by atoms with Gasteiger partial charge in [-0.05, 0) is 12.8 Å². The second-order valence-electron chi connectivity index (χ2n) is 4.12. The quantitative estimate of drug-likeness (QED) is 0.615. The largest absolute Gasteiger partial charge is 0.396 e. The van der Waals surface area contributed by atoms with Crippen LogP contribution in [-0.2, 0) is 9.47 Å². The molecule has 0 saturated carbocycles. The van der Waals surface area contributed by atoms with E-state index in [4.69, 9.17) is 9.47 Å². The van der Waals surface area contributed by atoms with Crippen molar-refractivity contribution in [2.45, 2.75) is 18.4 Å². The summed E-state index contributed by atoms with van der Waals surface area (Å²) in [4.78, 5) is 0. The molecule has 1 unspecified atom stereocenters. The van der Waals surface area contributed by atoms with Crippen LogP contribution in [0.4, 0.5) is 0 Å². The van der Waals surface area contributed by atoms with Crippen LogP contribution in [0, 0.1) is 5.41 Å². The summed E-state index contributed by atoms with van der Waals surface area (Å²) in [6.45, 7) is 1.82. The van der Waals surface area contributed by atoms with Crippen molar-refractivity contribution in [1.82, 2.24) is 0 Å². The third kappa shape index (κ3) is 1.29. The first-order valence-corrected chi connectivity index (χ1v) is 4.71. The first kappa shape index (κ1) is 9.40. The van der Waals surface area contributed by atoms with Crippen LogP contribution in [-0.4, -0.2) is 48.8 Å². The van der Waals surface area contributed by atoms with Crippen molar-refractivity contribution in [3.05, 3.63) is 0 Å². The van der Waals surface area contributed by atoms with Crippen molar-refractivity contribution in [1.29, 1.82) is 0 Å². The molecule has 0 aliphatic carbocycles. The molecule has 76 valence electrons. The normalized spacial score (nSPS) is 38.3. The molecule has 0 spiro atoms. The molecule has 2 heterocycles. The van der Waals surface area contributed by atoms with Gasteiger partial charge in [0.05, 0.1) is 31.8 Å². The zero-order valence-electron chi connectivity index (χ0n) is 7.66. The van der Waals surface area contributed by atoms with Crippen molar-refractivity contribution in [2.24, 2.45) is 5.41 Å². The van der Waals surface area contributed by atoms with Crippen molar-refractivity contribution in [3.63, 3.8) is 0 Å². The molecule has 0 aromatic heterocycles. The predicted molar refractivity (Wildman–Crippen MR) is 45.3 cm³/mol. The van der Waals surface area contributed by atoms with Gasteiger partial charge in [-0.3, -0.25) is 0 Å². The molecular weight excluding hydrogens is 172 g/mol. The van der Waals surface area contributed by atoms with Crippen molar-refractivity contribution in [3.8, 4) is 0 Å². The van der Waals surface area contributed by atoms with E-state index in [0.29, 0.717) is 19.8 Å². The summed E-state index contributed by atoms with van der Waals surface area (Å²) in [5, 5.41) is 19.5. The van der Waals surface area contributed by atoms with Gasteiger partial charge in [-0.2, -0.15) is 0 Å². The van der Waals surface area contributed by atoms with E-state index < -0.39 is 11.0 Å². The maximum Gasteiger partial charge on any atom is 0.121 e. The SMILES string of the molecule is OCC1(C2(O)COC2)CCCOC1. The van der Waals surface area contributed by atoms with Crippen molar-refractivity contribution < 1.29 is 19.7 Å². The lowest BCUT2D eigenvalue weighted by atomic mass is 9.68. The van der Waals surface area contributed by atoms with Gasteiger partial charge in [-0.15, -0.1) is 0 Å². The molecule has 4 heteroatoms. The van der Waals surface area contributed by atoms with Gasteiger partial charge in [0, 0.05) is 6.61 Å². The Hall–Kier alpha value is -0.160. The van der Waals surface area contributed by atoms with Crippen LogP contribution in [0.3, 0.4) is 0 Å². The summed E-state index contributed by atoms with van der Waals surface area (Å²) in [6, 6.07) is 0. The maximum atomic E-state index is 10.1. The first-order chi connectivity index (χ1) is 6.22. The Morgan fingerprint density at radius 1 is 1.15 bits per heavy atom. The van der Waals surface area contributed by atoms with Crippen molar-refractivity contribution >= 4 is 0 Å². The summed E-state index contributed by atoms with van der Waals surface area (Å²) in [5.41, 5.74) is -1.34. The minimum Gasteiger partial charge on any atom is -0.396 e. The molecule has 0 radical (unpaired) electrons. The Kier molecular flexibility index (Phi) is 2.32. The van der Waals surface area contributed by atoms with Gasteiger partial charge in [0.15, 0.2) is 0 Å². The molecule has 13 heavy (non-hydrogen) atoms. The highest BCUT2D eigenvalue weighted by molar-refractivity contribution is 5.03. The molecule has 2 aliphatic heterocycles. The standard InChI is InChI=1S/C9H16O4/c10-4-8(2-1-3-12-5-8)9(11)6-13-7-9/h10-11H,1-7H2. The highest BCUT2D eigenvalue weighted by Crippen LogP contribution is 2.43. The van der Waals surface area contributed by atoms with Crippen LogP contribution in [0.15, 0.2) is 0 Å². The Morgan fingerprint density at radius 2 is 1.92 bits per heavy atom. The second-order valence-corrected chi connectivity index (χ2v) is 4.12. The fourth-order valence-corrected chi connectivity index (χ4v) is 2.09. The van der Waals surface area contributed by atoms with Crippen LogP contribution in [0.25, 0.3) is 0 Å².